The fraction of sp³-hybridized carbons (Fsp3) is 0.278. The van der Waals surface area contributed by atoms with E-state index < -0.39 is 23.4 Å². The van der Waals surface area contributed by atoms with Crippen LogP contribution in [0.1, 0.15) is 12.5 Å². The minimum Gasteiger partial charge on any atom is -0.467 e. The zero-order valence-corrected chi connectivity index (χ0v) is 15.4. The lowest BCUT2D eigenvalue weighted by Crippen LogP contribution is -2.53. The average Bonchev–Trinajstić information content (AvgIpc) is 3.16. The van der Waals surface area contributed by atoms with Gasteiger partial charge in [0.15, 0.2) is 5.71 Å². The smallest absolute Gasteiger partial charge is 0.375 e. The number of aromatic amines is 1. The second kappa shape index (κ2) is 7.51. The molecular formula is C18H18N4O6. The molecular weight excluding hydrogens is 368 g/mol. The number of nitrogens with one attached hydrogen (secondary N) is 2. The van der Waals surface area contributed by atoms with Gasteiger partial charge in [-0.15, -0.1) is 0 Å². The molecule has 28 heavy (non-hydrogen) atoms. The fourth-order valence-electron chi connectivity index (χ4n) is 2.97. The summed E-state index contributed by atoms with van der Waals surface area (Å²) < 4.78 is 14.7. The minimum atomic E-state index is -2.06. The van der Waals surface area contributed by atoms with E-state index >= 15 is 0 Å². The number of esters is 3. The van der Waals surface area contributed by atoms with Gasteiger partial charge in [0, 0.05) is 22.7 Å². The van der Waals surface area contributed by atoms with Crippen LogP contribution in [0.5, 0.6) is 0 Å². The first-order valence-corrected chi connectivity index (χ1v) is 8.34. The fourth-order valence-corrected chi connectivity index (χ4v) is 2.97. The highest BCUT2D eigenvalue weighted by Gasteiger charge is 2.54. The Morgan fingerprint density at radius 1 is 1.11 bits per heavy atom. The molecule has 1 aromatic carbocycles. The van der Waals surface area contributed by atoms with Crippen LogP contribution in [-0.2, 0) is 34.1 Å². The summed E-state index contributed by atoms with van der Waals surface area (Å²) in [5.41, 5.74) is 0.892. The Labute approximate surface area is 159 Å². The second-order valence-electron chi connectivity index (χ2n) is 5.69. The third-order valence-corrected chi connectivity index (χ3v) is 4.20. The summed E-state index contributed by atoms with van der Waals surface area (Å²) in [5.74, 6) is -2.99. The summed E-state index contributed by atoms with van der Waals surface area (Å²) in [5, 5.41) is 4.51. The molecule has 0 saturated heterocycles. The number of methoxy groups -OCH3 is 2. The molecule has 0 fully saturated rings. The van der Waals surface area contributed by atoms with Crippen LogP contribution in [0.2, 0.25) is 0 Å². The number of carbonyl (C=O) groups excluding carboxylic acids is 3. The molecule has 2 heterocycles. The standard InChI is InChI=1S/C18H18N4O6/c1-4-28-16(24)14-20-18(17(25)27-3,13(21-22-14)15(23)26-2)11-9-19-12-8-6-5-7-10(11)12/h5-9,19H,4H2,1-3H3,(H,20,22). The Bertz CT molecular complexity index is 1010. The van der Waals surface area contributed by atoms with Crippen molar-refractivity contribution in [3.8, 4) is 0 Å². The van der Waals surface area contributed by atoms with Gasteiger partial charge in [-0.3, -0.25) is 5.43 Å². The number of aromatic nitrogens is 1. The third kappa shape index (κ3) is 2.88. The molecule has 2 N–H and O–H groups in total. The molecule has 0 saturated carbocycles. The van der Waals surface area contributed by atoms with Crippen molar-refractivity contribution in [2.24, 2.45) is 10.1 Å². The molecule has 146 valence electrons. The zero-order chi connectivity index (χ0) is 20.3. The molecule has 1 aliphatic heterocycles. The third-order valence-electron chi connectivity index (χ3n) is 4.20. The maximum atomic E-state index is 13.0. The average molecular weight is 386 g/mol. The van der Waals surface area contributed by atoms with E-state index in [4.69, 9.17) is 14.2 Å². The number of rotatable bonds is 5. The molecule has 10 nitrogen and oxygen atoms in total. The molecule has 1 aromatic heterocycles. The van der Waals surface area contributed by atoms with Gasteiger partial charge in [-0.05, 0) is 13.0 Å². The van der Waals surface area contributed by atoms with Gasteiger partial charge in [-0.25, -0.2) is 19.4 Å². The predicted molar refractivity (Wildman–Crippen MR) is 98.6 cm³/mol. The van der Waals surface area contributed by atoms with E-state index in [0.29, 0.717) is 10.9 Å². The number of H-pyrrole nitrogens is 1. The first kappa shape index (κ1) is 19.1. The Morgan fingerprint density at radius 2 is 1.86 bits per heavy atom. The van der Waals surface area contributed by atoms with Crippen LogP contribution in [0.25, 0.3) is 10.9 Å². The van der Waals surface area contributed by atoms with E-state index in [0.717, 1.165) is 14.2 Å². The predicted octanol–water partition coefficient (Wildman–Crippen LogP) is 0.630. The Hall–Kier alpha value is -3.69. The number of hydrogen-bond acceptors (Lipinski definition) is 9. The van der Waals surface area contributed by atoms with E-state index in [1.54, 1.807) is 31.2 Å². The number of hydrogen-bond donors (Lipinski definition) is 2. The first-order valence-electron chi connectivity index (χ1n) is 8.34. The van der Waals surface area contributed by atoms with E-state index in [-0.39, 0.29) is 23.7 Å². The van der Waals surface area contributed by atoms with Crippen LogP contribution < -0.4 is 5.43 Å². The number of fused-ring (bicyclic) bond motifs is 1. The molecule has 2 aromatic rings. The van der Waals surface area contributed by atoms with Gasteiger partial charge in [-0.1, -0.05) is 18.2 Å². The Morgan fingerprint density at radius 3 is 2.54 bits per heavy atom. The van der Waals surface area contributed by atoms with Crippen molar-refractivity contribution in [2.45, 2.75) is 12.5 Å². The number of aliphatic imine (C=N–C) groups is 1. The molecule has 10 heteroatoms. The van der Waals surface area contributed by atoms with Crippen molar-refractivity contribution in [1.82, 2.24) is 10.4 Å². The highest BCUT2D eigenvalue weighted by Crippen LogP contribution is 2.36. The number of ether oxygens (including phenoxy) is 3. The molecule has 0 amide bonds. The van der Waals surface area contributed by atoms with E-state index in [9.17, 15) is 14.4 Å². The lowest BCUT2D eigenvalue weighted by molar-refractivity contribution is -0.146. The highest BCUT2D eigenvalue weighted by atomic mass is 16.5. The van der Waals surface area contributed by atoms with Crippen LogP contribution in [0.3, 0.4) is 0 Å². The van der Waals surface area contributed by atoms with Crippen molar-refractivity contribution >= 4 is 40.4 Å². The van der Waals surface area contributed by atoms with Gasteiger partial charge in [0.25, 0.3) is 0 Å². The summed E-state index contributed by atoms with van der Waals surface area (Å²) in [7, 11) is 2.29. The van der Waals surface area contributed by atoms with Gasteiger partial charge in [0.2, 0.25) is 11.4 Å². The molecule has 0 bridgehead atoms. The monoisotopic (exact) mass is 386 g/mol. The normalized spacial score (nSPS) is 18.5. The summed E-state index contributed by atoms with van der Waals surface area (Å²) >= 11 is 0. The SMILES string of the molecule is CCOC(=O)C1=NC(C(=O)OC)(c2c[nH]c3ccccc23)C(C(=O)OC)=NN1. The van der Waals surface area contributed by atoms with E-state index in [1.165, 1.54) is 6.20 Å². The number of nitrogens with zero attached hydrogens (tertiary/aromatic N) is 2. The van der Waals surface area contributed by atoms with Gasteiger partial charge < -0.3 is 19.2 Å². The van der Waals surface area contributed by atoms with Crippen LogP contribution in [0, 0.1) is 0 Å². The van der Waals surface area contributed by atoms with Crippen LogP contribution in [-0.4, -0.2) is 55.3 Å². The molecule has 1 atom stereocenters. The topological polar surface area (TPSA) is 131 Å². The second-order valence-corrected chi connectivity index (χ2v) is 5.69. The number of benzene rings is 1. The number of hydrazone groups is 1. The first-order chi connectivity index (χ1) is 13.5. The van der Waals surface area contributed by atoms with E-state index in [1.807, 2.05) is 0 Å². The van der Waals surface area contributed by atoms with Crippen molar-refractivity contribution in [1.29, 1.82) is 0 Å². The molecule has 0 spiro atoms. The molecule has 1 unspecified atom stereocenters. The summed E-state index contributed by atoms with van der Waals surface area (Å²) in [4.78, 5) is 44.9. The van der Waals surface area contributed by atoms with Crippen LogP contribution in [0.4, 0.5) is 0 Å². The van der Waals surface area contributed by atoms with Gasteiger partial charge in [0.05, 0.1) is 20.8 Å². The molecule has 0 aliphatic carbocycles. The number of para-hydroxylation sites is 1. The number of carbonyl (C=O) groups is 3. The van der Waals surface area contributed by atoms with Crippen molar-refractivity contribution in [3.05, 3.63) is 36.0 Å². The van der Waals surface area contributed by atoms with Crippen molar-refractivity contribution in [3.63, 3.8) is 0 Å². The maximum absolute atomic E-state index is 13.0. The van der Waals surface area contributed by atoms with Crippen LogP contribution in [0.15, 0.2) is 40.6 Å². The summed E-state index contributed by atoms with van der Waals surface area (Å²) in [6.07, 6.45) is 1.51. The maximum Gasteiger partial charge on any atom is 0.375 e. The van der Waals surface area contributed by atoms with Gasteiger partial charge in [0.1, 0.15) is 0 Å². The molecule has 1 aliphatic rings. The molecule has 0 radical (unpaired) electrons. The Kier molecular flexibility index (Phi) is 5.12. The summed E-state index contributed by atoms with van der Waals surface area (Å²) in [6, 6.07) is 7.09. The van der Waals surface area contributed by atoms with E-state index in [2.05, 4.69) is 20.5 Å². The number of amidine groups is 1. The minimum absolute atomic E-state index is 0.0887. The van der Waals surface area contributed by atoms with Crippen molar-refractivity contribution < 1.29 is 28.6 Å². The lowest BCUT2D eigenvalue weighted by Gasteiger charge is -2.30. The molecule has 3 rings (SSSR count). The largest absolute Gasteiger partial charge is 0.467 e. The lowest BCUT2D eigenvalue weighted by atomic mass is 9.84. The van der Waals surface area contributed by atoms with Crippen LogP contribution >= 0.6 is 0 Å². The highest BCUT2D eigenvalue weighted by molar-refractivity contribution is 6.47. The summed E-state index contributed by atoms with van der Waals surface area (Å²) in [6.45, 7) is 1.71. The van der Waals surface area contributed by atoms with Gasteiger partial charge >= 0.3 is 17.9 Å². The van der Waals surface area contributed by atoms with Gasteiger partial charge in [-0.2, -0.15) is 5.10 Å². The zero-order valence-electron chi connectivity index (χ0n) is 15.4. The van der Waals surface area contributed by atoms with Crippen molar-refractivity contribution in [2.75, 3.05) is 20.8 Å². The Balaban J connectivity index is 2.33. The quantitative estimate of drug-likeness (QED) is 0.569.